The van der Waals surface area contributed by atoms with Crippen LogP contribution in [0.15, 0.2) is 44.7 Å². The Bertz CT molecular complexity index is 793. The van der Waals surface area contributed by atoms with E-state index in [0.717, 1.165) is 12.0 Å². The fourth-order valence-electron chi connectivity index (χ4n) is 1.97. The van der Waals surface area contributed by atoms with Crippen molar-refractivity contribution in [1.29, 1.82) is 0 Å². The molecule has 0 saturated carbocycles. The molecule has 2 heterocycles. The first-order chi connectivity index (χ1) is 10.8. The zero-order chi connectivity index (χ0) is 15.4. The lowest BCUT2D eigenvalue weighted by Gasteiger charge is -2.01. The number of rotatable bonds is 6. The molecule has 0 amide bonds. The van der Waals surface area contributed by atoms with E-state index in [9.17, 15) is 4.79 Å². The van der Waals surface area contributed by atoms with Gasteiger partial charge in [-0.3, -0.25) is 4.57 Å². The van der Waals surface area contributed by atoms with Crippen LogP contribution in [0.3, 0.4) is 0 Å². The average Bonchev–Trinajstić information content (AvgIpc) is 3.15. The predicted molar refractivity (Wildman–Crippen MR) is 82.4 cm³/mol. The maximum Gasteiger partial charge on any atom is 0.343 e. The summed E-state index contributed by atoms with van der Waals surface area (Å²) in [5.74, 6) is 1.46. The molecule has 0 spiro atoms. The van der Waals surface area contributed by atoms with E-state index in [1.807, 2.05) is 37.3 Å². The number of aromatic nitrogens is 5. The number of thioether (sulfide) groups is 1. The number of nitrogens with one attached hydrogen (secondary N) is 1. The molecule has 0 unspecified atom stereocenters. The van der Waals surface area contributed by atoms with Gasteiger partial charge in [-0.15, -0.1) is 15.3 Å². The van der Waals surface area contributed by atoms with E-state index >= 15 is 0 Å². The molecule has 1 aromatic carbocycles. The molecule has 114 valence electrons. The zero-order valence-electron chi connectivity index (χ0n) is 12.0. The summed E-state index contributed by atoms with van der Waals surface area (Å²) >= 11 is 1.39. The van der Waals surface area contributed by atoms with E-state index in [0.29, 0.717) is 29.2 Å². The summed E-state index contributed by atoms with van der Waals surface area (Å²) in [6.45, 7) is 2.65. The monoisotopic (exact) mass is 317 g/mol. The SMILES string of the molecule is CCCn1c(SCc2nnc(-c3ccccc3)o2)n[nH]c1=O. The highest BCUT2D eigenvalue weighted by atomic mass is 32.2. The van der Waals surface area contributed by atoms with E-state index in [4.69, 9.17) is 4.42 Å². The third kappa shape index (κ3) is 3.11. The maximum absolute atomic E-state index is 11.6. The smallest absolute Gasteiger partial charge is 0.343 e. The summed E-state index contributed by atoms with van der Waals surface area (Å²) in [6.07, 6.45) is 0.867. The second-order valence-electron chi connectivity index (χ2n) is 4.62. The second kappa shape index (κ2) is 6.61. The van der Waals surface area contributed by atoms with Crippen LogP contribution in [0.2, 0.25) is 0 Å². The second-order valence-corrected chi connectivity index (χ2v) is 5.56. The van der Waals surface area contributed by atoms with Gasteiger partial charge in [0.1, 0.15) is 0 Å². The summed E-state index contributed by atoms with van der Waals surface area (Å²) in [5.41, 5.74) is 0.689. The van der Waals surface area contributed by atoms with Crippen molar-refractivity contribution < 1.29 is 4.42 Å². The number of hydrogen-bond donors (Lipinski definition) is 1. The summed E-state index contributed by atoms with van der Waals surface area (Å²) in [5, 5.41) is 15.2. The van der Waals surface area contributed by atoms with Crippen molar-refractivity contribution in [3.8, 4) is 11.5 Å². The molecule has 3 aromatic rings. The fourth-order valence-corrected chi connectivity index (χ4v) is 2.78. The molecule has 0 atom stereocenters. The van der Waals surface area contributed by atoms with Gasteiger partial charge in [0.2, 0.25) is 11.8 Å². The minimum Gasteiger partial charge on any atom is -0.420 e. The van der Waals surface area contributed by atoms with E-state index in [-0.39, 0.29) is 5.69 Å². The number of H-pyrrole nitrogens is 1. The highest BCUT2D eigenvalue weighted by molar-refractivity contribution is 7.98. The van der Waals surface area contributed by atoms with E-state index in [1.54, 1.807) is 4.57 Å². The van der Waals surface area contributed by atoms with E-state index < -0.39 is 0 Å². The summed E-state index contributed by atoms with van der Waals surface area (Å²) in [7, 11) is 0. The Morgan fingerprint density at radius 1 is 1.27 bits per heavy atom. The molecular formula is C14H15N5O2S. The Morgan fingerprint density at radius 3 is 2.86 bits per heavy atom. The van der Waals surface area contributed by atoms with Crippen LogP contribution >= 0.6 is 11.8 Å². The first kappa shape index (κ1) is 14.6. The first-order valence-corrected chi connectivity index (χ1v) is 7.92. The first-order valence-electron chi connectivity index (χ1n) is 6.93. The summed E-state index contributed by atoms with van der Waals surface area (Å²) < 4.78 is 7.24. The molecular weight excluding hydrogens is 302 g/mol. The highest BCUT2D eigenvalue weighted by Crippen LogP contribution is 2.22. The molecule has 22 heavy (non-hydrogen) atoms. The van der Waals surface area contributed by atoms with Gasteiger partial charge in [-0.1, -0.05) is 36.9 Å². The van der Waals surface area contributed by atoms with Crippen molar-refractivity contribution in [2.75, 3.05) is 0 Å². The van der Waals surface area contributed by atoms with Gasteiger partial charge in [0.05, 0.1) is 5.75 Å². The van der Waals surface area contributed by atoms with Gasteiger partial charge in [-0.2, -0.15) is 0 Å². The standard InChI is InChI=1S/C14H15N5O2S/c1-2-8-19-13(20)17-18-14(19)22-9-11-15-16-12(21-11)10-6-4-3-5-7-10/h3-7H,2,8-9H2,1H3,(H,17,20). The number of aromatic amines is 1. The molecule has 1 N–H and O–H groups in total. The summed E-state index contributed by atoms with van der Waals surface area (Å²) in [4.78, 5) is 11.6. The summed E-state index contributed by atoms with van der Waals surface area (Å²) in [6, 6.07) is 9.59. The Hall–Kier alpha value is -2.35. The van der Waals surface area contributed by atoms with Gasteiger partial charge >= 0.3 is 5.69 Å². The third-order valence-electron chi connectivity index (χ3n) is 2.98. The van der Waals surface area contributed by atoms with Gasteiger partial charge in [0.15, 0.2) is 5.16 Å². The van der Waals surface area contributed by atoms with Crippen molar-refractivity contribution in [2.45, 2.75) is 30.8 Å². The molecule has 7 nitrogen and oxygen atoms in total. The molecule has 0 fully saturated rings. The van der Waals surface area contributed by atoms with Gasteiger partial charge < -0.3 is 4.42 Å². The minimum absolute atomic E-state index is 0.195. The average molecular weight is 317 g/mol. The lowest BCUT2D eigenvalue weighted by molar-refractivity contribution is 0.527. The maximum atomic E-state index is 11.6. The lowest BCUT2D eigenvalue weighted by Crippen LogP contribution is -2.17. The van der Waals surface area contributed by atoms with Crippen molar-refractivity contribution in [3.63, 3.8) is 0 Å². The molecule has 0 bridgehead atoms. The fraction of sp³-hybridized carbons (Fsp3) is 0.286. The van der Waals surface area contributed by atoms with Gasteiger partial charge in [-0.05, 0) is 18.6 Å². The van der Waals surface area contributed by atoms with Crippen LogP contribution in [0.4, 0.5) is 0 Å². The zero-order valence-corrected chi connectivity index (χ0v) is 12.8. The van der Waals surface area contributed by atoms with Crippen molar-refractivity contribution in [1.82, 2.24) is 25.0 Å². The topological polar surface area (TPSA) is 89.6 Å². The van der Waals surface area contributed by atoms with Crippen LogP contribution in [-0.4, -0.2) is 25.0 Å². The van der Waals surface area contributed by atoms with E-state index in [2.05, 4.69) is 20.4 Å². The number of nitrogens with zero attached hydrogens (tertiary/aromatic N) is 4. The van der Waals surface area contributed by atoms with Crippen LogP contribution in [0.25, 0.3) is 11.5 Å². The largest absolute Gasteiger partial charge is 0.420 e. The predicted octanol–water partition coefficient (Wildman–Crippen LogP) is 2.32. The Morgan fingerprint density at radius 2 is 2.09 bits per heavy atom. The van der Waals surface area contributed by atoms with Crippen molar-refractivity contribution >= 4 is 11.8 Å². The minimum atomic E-state index is -0.195. The Balaban J connectivity index is 1.70. The van der Waals surface area contributed by atoms with Crippen LogP contribution in [0, 0.1) is 0 Å². The molecule has 3 rings (SSSR count). The Kier molecular flexibility index (Phi) is 4.38. The lowest BCUT2D eigenvalue weighted by atomic mass is 10.2. The van der Waals surface area contributed by atoms with Crippen LogP contribution in [-0.2, 0) is 12.3 Å². The normalized spacial score (nSPS) is 11.0. The molecule has 0 aliphatic carbocycles. The van der Waals surface area contributed by atoms with Crippen molar-refractivity contribution in [3.05, 3.63) is 46.7 Å². The molecule has 2 aromatic heterocycles. The van der Waals surface area contributed by atoms with Crippen molar-refractivity contribution in [2.24, 2.45) is 0 Å². The quantitative estimate of drug-likeness (QED) is 0.702. The third-order valence-corrected chi connectivity index (χ3v) is 3.94. The van der Waals surface area contributed by atoms with Gasteiger partial charge in [0.25, 0.3) is 0 Å². The van der Waals surface area contributed by atoms with Crippen LogP contribution in [0.5, 0.6) is 0 Å². The Labute approximate surface area is 130 Å². The highest BCUT2D eigenvalue weighted by Gasteiger charge is 2.12. The molecule has 0 aliphatic heterocycles. The molecule has 0 radical (unpaired) electrons. The van der Waals surface area contributed by atoms with Crippen LogP contribution in [0.1, 0.15) is 19.2 Å². The molecule has 0 saturated heterocycles. The van der Waals surface area contributed by atoms with Crippen LogP contribution < -0.4 is 5.69 Å². The van der Waals surface area contributed by atoms with Gasteiger partial charge in [0, 0.05) is 12.1 Å². The molecule has 0 aliphatic rings. The van der Waals surface area contributed by atoms with Gasteiger partial charge in [-0.25, -0.2) is 9.89 Å². The van der Waals surface area contributed by atoms with E-state index in [1.165, 1.54) is 11.8 Å². The number of benzene rings is 1. The number of hydrogen-bond acceptors (Lipinski definition) is 6. The molecule has 8 heteroatoms.